The van der Waals surface area contributed by atoms with E-state index in [9.17, 15) is 0 Å². The maximum absolute atomic E-state index is 5.90. The zero-order chi connectivity index (χ0) is 15.8. The van der Waals surface area contributed by atoms with Crippen LogP contribution >= 0.6 is 24.0 Å². The highest BCUT2D eigenvalue weighted by Gasteiger charge is 2.34. The van der Waals surface area contributed by atoms with Crippen LogP contribution in [0.15, 0.2) is 48.0 Å². The molecule has 2 rings (SSSR count). The number of benzene rings is 1. The van der Waals surface area contributed by atoms with Crippen LogP contribution in [0.1, 0.15) is 44.2 Å². The molecule has 0 bridgehead atoms. The Morgan fingerprint density at radius 3 is 2.61 bits per heavy atom. The van der Waals surface area contributed by atoms with Gasteiger partial charge in [0.05, 0.1) is 6.54 Å². The zero-order valence-corrected chi connectivity index (χ0v) is 16.3. The van der Waals surface area contributed by atoms with E-state index in [0.717, 1.165) is 19.4 Å². The molecule has 1 aliphatic rings. The van der Waals surface area contributed by atoms with Crippen LogP contribution in [0, 0.1) is 0 Å². The third-order valence-electron chi connectivity index (χ3n) is 4.36. The molecule has 0 saturated heterocycles. The van der Waals surface area contributed by atoms with Gasteiger partial charge >= 0.3 is 0 Å². The third-order valence-corrected chi connectivity index (χ3v) is 4.36. The molecular formula is C18H29IN4. The minimum Gasteiger partial charge on any atom is -0.370 e. The zero-order valence-electron chi connectivity index (χ0n) is 13.9. The van der Waals surface area contributed by atoms with Crippen molar-refractivity contribution in [3.63, 3.8) is 0 Å². The van der Waals surface area contributed by atoms with Crippen molar-refractivity contribution in [2.24, 2.45) is 10.7 Å². The Kier molecular flexibility index (Phi) is 8.62. The summed E-state index contributed by atoms with van der Waals surface area (Å²) in [6.45, 7) is 7.26. The first-order chi connectivity index (χ1) is 10.7. The molecule has 0 spiro atoms. The fourth-order valence-electron chi connectivity index (χ4n) is 3.15. The van der Waals surface area contributed by atoms with E-state index in [0.29, 0.717) is 18.5 Å². The lowest BCUT2D eigenvalue weighted by molar-refractivity contribution is 0.308. The highest BCUT2D eigenvalue weighted by Crippen LogP contribution is 2.32. The van der Waals surface area contributed by atoms with E-state index in [1.165, 1.54) is 18.4 Å². The first-order valence-corrected chi connectivity index (χ1v) is 8.12. The number of hydrogen-bond donors (Lipinski definition) is 3. The Morgan fingerprint density at radius 2 is 2.00 bits per heavy atom. The van der Waals surface area contributed by atoms with E-state index < -0.39 is 0 Å². The van der Waals surface area contributed by atoms with Crippen molar-refractivity contribution in [2.45, 2.75) is 44.2 Å². The Bertz CT molecular complexity index is 495. The van der Waals surface area contributed by atoms with Crippen molar-refractivity contribution in [1.29, 1.82) is 0 Å². The summed E-state index contributed by atoms with van der Waals surface area (Å²) in [5.74, 6) is 0.500. The summed E-state index contributed by atoms with van der Waals surface area (Å²) in [5.41, 5.74) is 7.28. The van der Waals surface area contributed by atoms with Crippen molar-refractivity contribution in [3.05, 3.63) is 48.6 Å². The summed E-state index contributed by atoms with van der Waals surface area (Å²) in [7, 11) is 0. The van der Waals surface area contributed by atoms with Gasteiger partial charge in [-0.2, -0.15) is 0 Å². The lowest BCUT2D eigenvalue weighted by Gasteiger charge is -2.33. The van der Waals surface area contributed by atoms with E-state index in [-0.39, 0.29) is 29.5 Å². The van der Waals surface area contributed by atoms with Crippen LogP contribution in [0.2, 0.25) is 0 Å². The average Bonchev–Trinajstić information content (AvgIpc) is 3.00. The van der Waals surface area contributed by atoms with Gasteiger partial charge < -0.3 is 16.4 Å². The highest BCUT2D eigenvalue weighted by molar-refractivity contribution is 14.0. The number of aliphatic imine (C=N–C) groups is 1. The summed E-state index contributed by atoms with van der Waals surface area (Å²) in [6.07, 6.45) is 6.60. The maximum atomic E-state index is 5.90. The molecule has 1 aliphatic carbocycles. The van der Waals surface area contributed by atoms with Crippen molar-refractivity contribution in [2.75, 3.05) is 13.1 Å². The molecule has 5 heteroatoms. The van der Waals surface area contributed by atoms with E-state index in [1.54, 1.807) is 6.08 Å². The fraction of sp³-hybridized carbons (Fsp3) is 0.500. The van der Waals surface area contributed by atoms with E-state index in [4.69, 9.17) is 5.73 Å². The Labute approximate surface area is 157 Å². The molecular weight excluding hydrogens is 399 g/mol. The predicted octanol–water partition coefficient (Wildman–Crippen LogP) is 3.36. The van der Waals surface area contributed by atoms with E-state index in [2.05, 4.69) is 59.5 Å². The summed E-state index contributed by atoms with van der Waals surface area (Å²) in [5, 5.41) is 6.85. The fourth-order valence-corrected chi connectivity index (χ4v) is 3.15. The third kappa shape index (κ3) is 6.14. The molecule has 1 aromatic carbocycles. The molecule has 4 N–H and O–H groups in total. The van der Waals surface area contributed by atoms with Crippen molar-refractivity contribution in [1.82, 2.24) is 10.6 Å². The van der Waals surface area contributed by atoms with Gasteiger partial charge in [-0.3, -0.25) is 4.99 Å². The van der Waals surface area contributed by atoms with Crippen LogP contribution in [0.5, 0.6) is 0 Å². The van der Waals surface area contributed by atoms with E-state index in [1.807, 2.05) is 0 Å². The van der Waals surface area contributed by atoms with Gasteiger partial charge in [0.2, 0.25) is 0 Å². The number of hydrogen-bond acceptors (Lipinski definition) is 2. The summed E-state index contributed by atoms with van der Waals surface area (Å²) in [4.78, 5) is 4.54. The molecule has 1 unspecified atom stereocenters. The van der Waals surface area contributed by atoms with Crippen LogP contribution < -0.4 is 16.4 Å². The number of nitrogens with two attached hydrogens (primary N) is 1. The van der Waals surface area contributed by atoms with Gasteiger partial charge in [0.25, 0.3) is 0 Å². The Balaban J connectivity index is 0.00000264. The van der Waals surface area contributed by atoms with Gasteiger partial charge in [-0.05, 0) is 25.3 Å². The minimum atomic E-state index is 0. The predicted molar refractivity (Wildman–Crippen MR) is 109 cm³/mol. The van der Waals surface area contributed by atoms with Crippen molar-refractivity contribution >= 4 is 29.9 Å². The molecule has 23 heavy (non-hydrogen) atoms. The minimum absolute atomic E-state index is 0. The molecule has 4 nitrogen and oxygen atoms in total. The summed E-state index contributed by atoms with van der Waals surface area (Å²) >= 11 is 0. The van der Waals surface area contributed by atoms with Gasteiger partial charge in [-0.1, -0.05) is 49.2 Å². The molecule has 0 heterocycles. The number of halogens is 1. The monoisotopic (exact) mass is 428 g/mol. The molecule has 0 amide bonds. The maximum Gasteiger partial charge on any atom is 0.188 e. The van der Waals surface area contributed by atoms with Crippen molar-refractivity contribution in [3.8, 4) is 0 Å². The number of nitrogens with one attached hydrogen (secondary N) is 2. The van der Waals surface area contributed by atoms with Gasteiger partial charge in [-0.25, -0.2) is 0 Å². The van der Waals surface area contributed by atoms with Crippen LogP contribution in [-0.4, -0.2) is 24.6 Å². The Hall–Kier alpha value is -1.08. The first-order valence-electron chi connectivity index (χ1n) is 8.12. The molecule has 1 aromatic rings. The topological polar surface area (TPSA) is 62.4 Å². The lowest BCUT2D eigenvalue weighted by Crippen LogP contribution is -2.47. The second-order valence-electron chi connectivity index (χ2n) is 6.14. The second kappa shape index (κ2) is 9.93. The van der Waals surface area contributed by atoms with Crippen LogP contribution in [-0.2, 0) is 0 Å². The standard InChI is InChI=1S/C18H28N4.HI/c1-3-13-20-17(19)21-14-18(11-7-8-12-18)22-15(2)16-9-5-4-6-10-16;/h3-6,9-10,15,22H,1,7-8,11-14H2,2H3,(H3,19,20,21);1H. The average molecular weight is 428 g/mol. The largest absolute Gasteiger partial charge is 0.370 e. The number of guanidine groups is 1. The molecule has 0 aliphatic heterocycles. The second-order valence-corrected chi connectivity index (χ2v) is 6.14. The summed E-state index contributed by atoms with van der Waals surface area (Å²) in [6, 6.07) is 10.9. The normalized spacial score (nSPS) is 18.0. The van der Waals surface area contributed by atoms with Gasteiger partial charge in [0, 0.05) is 18.1 Å². The molecule has 0 aromatic heterocycles. The van der Waals surface area contributed by atoms with Crippen LogP contribution in [0.3, 0.4) is 0 Å². The van der Waals surface area contributed by atoms with Gasteiger partial charge in [0.1, 0.15) is 0 Å². The van der Waals surface area contributed by atoms with Gasteiger partial charge in [-0.15, -0.1) is 30.6 Å². The van der Waals surface area contributed by atoms with Crippen LogP contribution in [0.4, 0.5) is 0 Å². The smallest absolute Gasteiger partial charge is 0.188 e. The molecule has 1 saturated carbocycles. The Morgan fingerprint density at radius 1 is 1.35 bits per heavy atom. The first kappa shape index (κ1) is 20.0. The lowest BCUT2D eigenvalue weighted by atomic mass is 9.95. The molecule has 128 valence electrons. The molecule has 0 radical (unpaired) electrons. The van der Waals surface area contributed by atoms with E-state index >= 15 is 0 Å². The number of nitrogens with zero attached hydrogens (tertiary/aromatic N) is 1. The van der Waals surface area contributed by atoms with Crippen molar-refractivity contribution < 1.29 is 0 Å². The highest BCUT2D eigenvalue weighted by atomic mass is 127. The molecule has 1 atom stereocenters. The molecule has 1 fully saturated rings. The quantitative estimate of drug-likeness (QED) is 0.270. The van der Waals surface area contributed by atoms with Crippen LogP contribution in [0.25, 0.3) is 0 Å². The SMILES string of the molecule is C=CCNC(N)=NCC1(NC(C)c2ccccc2)CCCC1.I. The summed E-state index contributed by atoms with van der Waals surface area (Å²) < 4.78 is 0. The number of rotatable bonds is 7. The van der Waals surface area contributed by atoms with Gasteiger partial charge in [0.15, 0.2) is 5.96 Å².